The Kier molecular flexibility index (Phi) is 8.27. The number of ether oxygens (including phenoxy) is 3. The van der Waals surface area contributed by atoms with Crippen LogP contribution in [0.2, 0.25) is 0 Å². The molecule has 0 heterocycles. The van der Waals surface area contributed by atoms with Crippen LogP contribution in [0.4, 0.5) is 5.69 Å². The average molecular weight is 392 g/mol. The molecular weight excluding hydrogens is 362 g/mol. The zero-order valence-corrected chi connectivity index (χ0v) is 17.0. The molecule has 0 aliphatic heterocycles. The second kappa shape index (κ2) is 11.6. The van der Waals surface area contributed by atoms with Crippen molar-refractivity contribution in [3.63, 3.8) is 0 Å². The first kappa shape index (κ1) is 20.6. The summed E-state index contributed by atoms with van der Waals surface area (Å²) >= 11 is 0. The van der Waals surface area contributed by atoms with Crippen molar-refractivity contribution in [2.45, 2.75) is 26.3 Å². The van der Waals surface area contributed by atoms with E-state index in [0.29, 0.717) is 13.2 Å². The molecule has 0 atom stereocenters. The van der Waals surface area contributed by atoms with Crippen molar-refractivity contribution in [2.75, 3.05) is 25.1 Å². The van der Waals surface area contributed by atoms with Crippen molar-refractivity contribution in [3.8, 4) is 17.2 Å². The van der Waals surface area contributed by atoms with Crippen LogP contribution in [0.1, 0.15) is 25.3 Å². The molecule has 152 valence electrons. The number of para-hydroxylation sites is 1. The van der Waals surface area contributed by atoms with E-state index in [-0.39, 0.29) is 0 Å². The maximum absolute atomic E-state index is 5.78. The lowest BCUT2D eigenvalue weighted by atomic mass is 10.2. The second-order valence-electron chi connectivity index (χ2n) is 6.74. The van der Waals surface area contributed by atoms with Gasteiger partial charge < -0.3 is 19.5 Å². The molecule has 0 saturated carbocycles. The van der Waals surface area contributed by atoms with E-state index in [2.05, 4.69) is 24.4 Å². The highest BCUT2D eigenvalue weighted by Crippen LogP contribution is 2.18. The van der Waals surface area contributed by atoms with Crippen LogP contribution in [0.5, 0.6) is 17.2 Å². The minimum atomic E-state index is 0.506. The molecular formula is C25H29NO3. The smallest absolute Gasteiger partial charge is 0.122 e. The second-order valence-corrected chi connectivity index (χ2v) is 6.74. The zero-order chi connectivity index (χ0) is 20.2. The SMILES string of the molecule is CCCCOc1cccc(CNc2ccc(OCCOc3ccccc3)cc2)c1. The van der Waals surface area contributed by atoms with Crippen molar-refractivity contribution < 1.29 is 14.2 Å². The minimum absolute atomic E-state index is 0.506. The summed E-state index contributed by atoms with van der Waals surface area (Å²) in [6, 6.07) is 26.0. The van der Waals surface area contributed by atoms with Crippen LogP contribution in [0, 0.1) is 0 Å². The van der Waals surface area contributed by atoms with E-state index in [1.165, 1.54) is 5.56 Å². The Hall–Kier alpha value is -3.14. The van der Waals surface area contributed by atoms with E-state index >= 15 is 0 Å². The zero-order valence-electron chi connectivity index (χ0n) is 17.0. The van der Waals surface area contributed by atoms with Gasteiger partial charge in [-0.05, 0) is 60.5 Å². The highest BCUT2D eigenvalue weighted by Gasteiger charge is 2.00. The van der Waals surface area contributed by atoms with Gasteiger partial charge >= 0.3 is 0 Å². The normalized spacial score (nSPS) is 10.4. The lowest BCUT2D eigenvalue weighted by Crippen LogP contribution is -2.08. The van der Waals surface area contributed by atoms with E-state index < -0.39 is 0 Å². The summed E-state index contributed by atoms with van der Waals surface area (Å²) in [6.07, 6.45) is 2.22. The van der Waals surface area contributed by atoms with Crippen LogP contribution < -0.4 is 19.5 Å². The Morgan fingerprint density at radius 2 is 1.31 bits per heavy atom. The van der Waals surface area contributed by atoms with Gasteiger partial charge in [-0.1, -0.05) is 43.7 Å². The van der Waals surface area contributed by atoms with Crippen LogP contribution in [0.25, 0.3) is 0 Å². The van der Waals surface area contributed by atoms with Gasteiger partial charge in [0.25, 0.3) is 0 Å². The van der Waals surface area contributed by atoms with Crippen molar-refractivity contribution in [3.05, 3.63) is 84.4 Å². The molecule has 4 nitrogen and oxygen atoms in total. The Balaban J connectivity index is 1.39. The molecule has 0 radical (unpaired) electrons. The van der Waals surface area contributed by atoms with Gasteiger partial charge in [0.2, 0.25) is 0 Å². The molecule has 0 unspecified atom stereocenters. The van der Waals surface area contributed by atoms with Crippen LogP contribution in [0.3, 0.4) is 0 Å². The molecule has 0 aliphatic carbocycles. The topological polar surface area (TPSA) is 39.7 Å². The quantitative estimate of drug-likeness (QED) is 0.388. The molecule has 1 N–H and O–H groups in total. The lowest BCUT2D eigenvalue weighted by Gasteiger charge is -2.11. The van der Waals surface area contributed by atoms with Crippen molar-refractivity contribution in [1.29, 1.82) is 0 Å². The molecule has 0 saturated heterocycles. The average Bonchev–Trinajstić information content (AvgIpc) is 2.77. The highest BCUT2D eigenvalue weighted by atomic mass is 16.5. The summed E-state index contributed by atoms with van der Waals surface area (Å²) in [4.78, 5) is 0. The maximum Gasteiger partial charge on any atom is 0.122 e. The summed E-state index contributed by atoms with van der Waals surface area (Å²) in [5, 5.41) is 3.44. The van der Waals surface area contributed by atoms with Crippen LogP contribution in [-0.4, -0.2) is 19.8 Å². The van der Waals surface area contributed by atoms with E-state index in [9.17, 15) is 0 Å². The summed E-state index contributed by atoms with van der Waals surface area (Å²) in [5.74, 6) is 2.62. The molecule has 4 heteroatoms. The van der Waals surface area contributed by atoms with Gasteiger partial charge in [0.1, 0.15) is 30.5 Å². The number of unbranched alkanes of at least 4 members (excludes halogenated alkanes) is 1. The monoisotopic (exact) mass is 391 g/mol. The number of hydrogen-bond donors (Lipinski definition) is 1. The summed E-state index contributed by atoms with van der Waals surface area (Å²) in [5.41, 5.74) is 2.24. The molecule has 0 amide bonds. The fraction of sp³-hybridized carbons (Fsp3) is 0.280. The van der Waals surface area contributed by atoms with Gasteiger partial charge in [0.05, 0.1) is 6.61 Å². The molecule has 0 fully saturated rings. The molecule has 0 aliphatic rings. The minimum Gasteiger partial charge on any atom is -0.494 e. The number of benzene rings is 3. The summed E-state index contributed by atoms with van der Waals surface area (Å²) in [6.45, 7) is 4.70. The largest absolute Gasteiger partial charge is 0.494 e. The van der Waals surface area contributed by atoms with Crippen molar-refractivity contribution >= 4 is 5.69 Å². The standard InChI is InChI=1S/C25H29NO3/c1-2-3-16-27-25-11-7-8-21(19-25)20-26-22-12-14-24(15-13-22)29-18-17-28-23-9-5-4-6-10-23/h4-15,19,26H,2-3,16-18,20H2,1H3. The molecule has 0 aromatic heterocycles. The molecule has 3 rings (SSSR count). The van der Waals surface area contributed by atoms with Gasteiger partial charge in [-0.3, -0.25) is 0 Å². The van der Waals surface area contributed by atoms with Gasteiger partial charge in [0, 0.05) is 12.2 Å². The number of rotatable bonds is 12. The molecule has 0 spiro atoms. The third kappa shape index (κ3) is 7.41. The fourth-order valence-corrected chi connectivity index (χ4v) is 2.79. The molecule has 0 bridgehead atoms. The number of nitrogens with one attached hydrogen (secondary N) is 1. The van der Waals surface area contributed by atoms with E-state index in [1.54, 1.807) is 0 Å². The Bertz CT molecular complexity index is 834. The first-order valence-electron chi connectivity index (χ1n) is 10.2. The Morgan fingerprint density at radius 1 is 0.655 bits per heavy atom. The first-order chi connectivity index (χ1) is 14.3. The van der Waals surface area contributed by atoms with Gasteiger partial charge in [-0.15, -0.1) is 0 Å². The van der Waals surface area contributed by atoms with Crippen molar-refractivity contribution in [1.82, 2.24) is 0 Å². The predicted molar refractivity (Wildman–Crippen MR) is 118 cm³/mol. The van der Waals surface area contributed by atoms with Crippen LogP contribution in [0.15, 0.2) is 78.9 Å². The lowest BCUT2D eigenvalue weighted by molar-refractivity contribution is 0.217. The Morgan fingerprint density at radius 3 is 2.03 bits per heavy atom. The van der Waals surface area contributed by atoms with Gasteiger partial charge in [0.15, 0.2) is 0 Å². The molecule has 29 heavy (non-hydrogen) atoms. The van der Waals surface area contributed by atoms with Crippen LogP contribution in [-0.2, 0) is 6.54 Å². The number of hydrogen-bond acceptors (Lipinski definition) is 4. The first-order valence-corrected chi connectivity index (χ1v) is 10.2. The third-order valence-electron chi connectivity index (χ3n) is 4.38. The fourth-order valence-electron chi connectivity index (χ4n) is 2.79. The predicted octanol–water partition coefficient (Wildman–Crippen LogP) is 5.94. The van der Waals surface area contributed by atoms with Gasteiger partial charge in [-0.25, -0.2) is 0 Å². The summed E-state index contributed by atoms with van der Waals surface area (Å²) < 4.78 is 17.1. The van der Waals surface area contributed by atoms with Crippen LogP contribution >= 0.6 is 0 Å². The van der Waals surface area contributed by atoms with E-state index in [4.69, 9.17) is 14.2 Å². The highest BCUT2D eigenvalue weighted by molar-refractivity contribution is 5.47. The van der Waals surface area contributed by atoms with Crippen molar-refractivity contribution in [2.24, 2.45) is 0 Å². The van der Waals surface area contributed by atoms with E-state index in [1.807, 2.05) is 66.7 Å². The molecule has 3 aromatic rings. The van der Waals surface area contributed by atoms with E-state index in [0.717, 1.165) is 48.9 Å². The number of anilines is 1. The Labute approximate surface area is 173 Å². The van der Waals surface area contributed by atoms with Gasteiger partial charge in [-0.2, -0.15) is 0 Å². The molecule has 3 aromatic carbocycles. The third-order valence-corrected chi connectivity index (χ3v) is 4.38. The summed E-state index contributed by atoms with van der Waals surface area (Å²) in [7, 11) is 0. The maximum atomic E-state index is 5.78.